The Morgan fingerprint density at radius 3 is 2.30 bits per heavy atom. The van der Waals surface area contributed by atoms with Crippen molar-refractivity contribution in [3.63, 3.8) is 0 Å². The Morgan fingerprint density at radius 2 is 1.60 bits per heavy atom. The van der Waals surface area contributed by atoms with Crippen molar-refractivity contribution in [1.29, 1.82) is 0 Å². The Balaban J connectivity index is 1.46. The van der Waals surface area contributed by atoms with Crippen LogP contribution in [0.1, 0.15) is 40.3 Å². The molecule has 1 aliphatic rings. The Kier molecular flexibility index (Phi) is 5.06. The van der Waals surface area contributed by atoms with Crippen LogP contribution in [0.4, 0.5) is 0 Å². The molecule has 1 aliphatic carbocycles. The van der Waals surface area contributed by atoms with Gasteiger partial charge in [-0.15, -0.1) is 5.10 Å². The Bertz CT molecular complexity index is 1080. The summed E-state index contributed by atoms with van der Waals surface area (Å²) in [5, 5.41) is 18.9. The summed E-state index contributed by atoms with van der Waals surface area (Å²) >= 11 is 0. The van der Waals surface area contributed by atoms with Gasteiger partial charge in [0.1, 0.15) is 5.75 Å². The van der Waals surface area contributed by atoms with Gasteiger partial charge in [-0.1, -0.05) is 78.0 Å². The summed E-state index contributed by atoms with van der Waals surface area (Å²) in [5.74, 6) is 1.01. The van der Waals surface area contributed by atoms with E-state index in [0.717, 1.165) is 37.1 Å². The highest BCUT2D eigenvalue weighted by atomic mass is 16.3. The van der Waals surface area contributed by atoms with E-state index in [1.807, 2.05) is 12.3 Å². The van der Waals surface area contributed by atoms with Crippen LogP contribution < -0.4 is 0 Å². The minimum Gasteiger partial charge on any atom is -0.508 e. The number of fused-ring (bicyclic) bond motifs is 1. The predicted molar refractivity (Wildman–Crippen MR) is 117 cm³/mol. The summed E-state index contributed by atoms with van der Waals surface area (Å²) < 4.78 is 2.09. The van der Waals surface area contributed by atoms with Crippen molar-refractivity contribution in [1.82, 2.24) is 15.0 Å². The van der Waals surface area contributed by atoms with Gasteiger partial charge in [-0.05, 0) is 53.5 Å². The van der Waals surface area contributed by atoms with Crippen LogP contribution >= 0.6 is 0 Å². The number of benzene rings is 3. The van der Waals surface area contributed by atoms with E-state index in [-0.39, 0.29) is 5.92 Å². The van der Waals surface area contributed by atoms with Gasteiger partial charge < -0.3 is 5.11 Å². The van der Waals surface area contributed by atoms with Crippen molar-refractivity contribution in [2.24, 2.45) is 5.92 Å². The summed E-state index contributed by atoms with van der Waals surface area (Å²) in [6.45, 7) is 0.834. The van der Waals surface area contributed by atoms with E-state index in [0.29, 0.717) is 11.7 Å². The number of hydrogen-bond acceptors (Lipinski definition) is 3. The molecule has 4 nitrogen and oxygen atoms in total. The topological polar surface area (TPSA) is 50.9 Å². The number of hydrogen-bond donors (Lipinski definition) is 1. The molecule has 1 aromatic heterocycles. The summed E-state index contributed by atoms with van der Waals surface area (Å²) in [6, 6.07) is 27.0. The lowest BCUT2D eigenvalue weighted by Crippen LogP contribution is -2.22. The minimum absolute atomic E-state index is 0.0994. The van der Waals surface area contributed by atoms with E-state index in [4.69, 9.17) is 0 Å². The third kappa shape index (κ3) is 3.61. The zero-order valence-corrected chi connectivity index (χ0v) is 16.9. The van der Waals surface area contributed by atoms with Crippen LogP contribution in [0.2, 0.25) is 0 Å². The second-order valence-corrected chi connectivity index (χ2v) is 8.12. The van der Waals surface area contributed by atoms with Gasteiger partial charge in [-0.3, -0.25) is 0 Å². The van der Waals surface area contributed by atoms with Crippen LogP contribution in [0.25, 0.3) is 0 Å². The number of aromatic nitrogens is 3. The van der Waals surface area contributed by atoms with Crippen LogP contribution in [0.5, 0.6) is 5.75 Å². The molecule has 0 spiro atoms. The molecule has 0 fully saturated rings. The molecular weight excluding hydrogens is 370 g/mol. The Morgan fingerprint density at radius 1 is 0.900 bits per heavy atom. The highest BCUT2D eigenvalue weighted by Gasteiger charge is 2.25. The van der Waals surface area contributed by atoms with E-state index in [2.05, 4.69) is 81.7 Å². The third-order valence-corrected chi connectivity index (χ3v) is 6.20. The first-order chi connectivity index (χ1) is 14.8. The minimum atomic E-state index is 0.0994. The Labute approximate surface area is 176 Å². The second kappa shape index (κ2) is 8.15. The monoisotopic (exact) mass is 395 g/mol. The zero-order chi connectivity index (χ0) is 20.3. The maximum Gasteiger partial charge on any atom is 0.119 e. The van der Waals surface area contributed by atoms with Crippen LogP contribution in [0.15, 0.2) is 85.1 Å². The molecule has 4 aromatic rings. The number of phenolic OH excluding ortho intramolecular Hbond substituents is 1. The fourth-order valence-corrected chi connectivity index (χ4v) is 4.72. The Hall–Kier alpha value is -3.40. The van der Waals surface area contributed by atoms with Crippen molar-refractivity contribution in [3.05, 3.63) is 113 Å². The standard InChI is InChI=1S/C26H25N3O/c30-25-13-7-12-22-16-19(14-15-23(22)25)18-29-24(17-27-28-29)26(20-8-3-1-4-9-20)21-10-5-2-6-11-21/h1-13,17,19,26,30H,14-16,18H2. The molecule has 0 radical (unpaired) electrons. The lowest BCUT2D eigenvalue weighted by Gasteiger charge is -2.26. The first-order valence-electron chi connectivity index (χ1n) is 10.6. The smallest absolute Gasteiger partial charge is 0.119 e. The van der Waals surface area contributed by atoms with Crippen molar-refractivity contribution in [2.75, 3.05) is 0 Å². The second-order valence-electron chi connectivity index (χ2n) is 8.12. The number of aromatic hydroxyl groups is 1. The van der Waals surface area contributed by atoms with Crippen molar-refractivity contribution in [2.45, 2.75) is 31.7 Å². The fraction of sp³-hybridized carbons (Fsp3) is 0.231. The molecule has 1 unspecified atom stereocenters. The highest BCUT2D eigenvalue weighted by molar-refractivity contribution is 5.41. The normalized spacial score (nSPS) is 15.8. The first-order valence-corrected chi connectivity index (χ1v) is 10.6. The molecule has 0 saturated carbocycles. The van der Waals surface area contributed by atoms with Crippen LogP contribution in [-0.4, -0.2) is 20.1 Å². The molecule has 0 amide bonds. The molecule has 30 heavy (non-hydrogen) atoms. The van der Waals surface area contributed by atoms with E-state index in [9.17, 15) is 5.11 Å². The van der Waals surface area contributed by atoms with Crippen molar-refractivity contribution < 1.29 is 5.11 Å². The lowest BCUT2D eigenvalue weighted by atomic mass is 9.83. The summed E-state index contributed by atoms with van der Waals surface area (Å²) in [5.41, 5.74) is 5.97. The molecule has 150 valence electrons. The summed E-state index contributed by atoms with van der Waals surface area (Å²) in [7, 11) is 0. The van der Waals surface area contributed by atoms with Gasteiger partial charge in [-0.25, -0.2) is 4.68 Å². The molecule has 4 heteroatoms. The van der Waals surface area contributed by atoms with Crippen LogP contribution in [-0.2, 0) is 19.4 Å². The van der Waals surface area contributed by atoms with Gasteiger partial charge in [0.25, 0.3) is 0 Å². The van der Waals surface area contributed by atoms with Gasteiger partial charge >= 0.3 is 0 Å². The molecule has 0 saturated heterocycles. The molecule has 5 rings (SSSR count). The molecule has 1 N–H and O–H groups in total. The van der Waals surface area contributed by atoms with E-state index in [1.165, 1.54) is 16.7 Å². The van der Waals surface area contributed by atoms with E-state index < -0.39 is 0 Å². The predicted octanol–water partition coefficient (Wildman–Crippen LogP) is 4.97. The largest absolute Gasteiger partial charge is 0.508 e. The molecule has 1 atom stereocenters. The van der Waals surface area contributed by atoms with Gasteiger partial charge in [0.15, 0.2) is 0 Å². The quantitative estimate of drug-likeness (QED) is 0.519. The molecular formula is C26H25N3O. The number of phenols is 1. The van der Waals surface area contributed by atoms with Gasteiger partial charge in [0.05, 0.1) is 17.8 Å². The van der Waals surface area contributed by atoms with Crippen molar-refractivity contribution >= 4 is 0 Å². The summed E-state index contributed by atoms with van der Waals surface area (Å²) in [6.07, 6.45) is 4.83. The van der Waals surface area contributed by atoms with Crippen molar-refractivity contribution in [3.8, 4) is 5.75 Å². The molecule has 0 aliphatic heterocycles. The van der Waals surface area contributed by atoms with Crippen LogP contribution in [0, 0.1) is 5.92 Å². The first kappa shape index (κ1) is 18.6. The average molecular weight is 396 g/mol. The maximum atomic E-state index is 10.1. The van der Waals surface area contributed by atoms with Gasteiger partial charge in [-0.2, -0.15) is 0 Å². The third-order valence-electron chi connectivity index (χ3n) is 6.20. The van der Waals surface area contributed by atoms with Gasteiger partial charge in [0, 0.05) is 6.54 Å². The number of nitrogens with zero attached hydrogens (tertiary/aromatic N) is 3. The molecule has 1 heterocycles. The molecule has 3 aromatic carbocycles. The SMILES string of the molecule is Oc1cccc2c1CCC(Cn1nncc1C(c1ccccc1)c1ccccc1)C2. The van der Waals surface area contributed by atoms with E-state index in [1.54, 1.807) is 6.07 Å². The van der Waals surface area contributed by atoms with E-state index >= 15 is 0 Å². The highest BCUT2D eigenvalue weighted by Crippen LogP contribution is 2.34. The lowest BCUT2D eigenvalue weighted by molar-refractivity contribution is 0.358. The zero-order valence-electron chi connectivity index (χ0n) is 16.9. The van der Waals surface area contributed by atoms with Crippen LogP contribution in [0.3, 0.4) is 0 Å². The summed E-state index contributed by atoms with van der Waals surface area (Å²) in [4.78, 5) is 0. The molecule has 0 bridgehead atoms. The average Bonchev–Trinajstić information content (AvgIpc) is 3.23. The number of rotatable bonds is 5. The maximum absolute atomic E-state index is 10.1. The van der Waals surface area contributed by atoms with Gasteiger partial charge in [0.2, 0.25) is 0 Å². The fourth-order valence-electron chi connectivity index (χ4n) is 4.72.